The number of amides is 1. The average Bonchev–Trinajstić information content (AvgIpc) is 2.86. The van der Waals surface area contributed by atoms with Crippen LogP contribution in [0.4, 0.5) is 0 Å². The molecular weight excluding hydrogens is 316 g/mol. The Morgan fingerprint density at radius 2 is 1.87 bits per heavy atom. The summed E-state index contributed by atoms with van der Waals surface area (Å²) in [7, 11) is -0.224. The molecule has 124 valence electrons. The zero-order valence-corrected chi connectivity index (χ0v) is 14.3. The summed E-state index contributed by atoms with van der Waals surface area (Å²) in [6.45, 7) is 1.69. The maximum atomic E-state index is 12.2. The molecule has 2 aromatic rings. The van der Waals surface area contributed by atoms with Crippen LogP contribution >= 0.6 is 0 Å². The van der Waals surface area contributed by atoms with Crippen molar-refractivity contribution >= 4 is 15.7 Å². The number of benzene rings is 1. The normalized spacial score (nSPS) is 11.4. The Bertz CT molecular complexity index is 780. The van der Waals surface area contributed by atoms with Crippen molar-refractivity contribution in [1.29, 1.82) is 0 Å². The van der Waals surface area contributed by atoms with E-state index in [4.69, 9.17) is 4.42 Å². The van der Waals surface area contributed by atoms with E-state index in [1.165, 1.54) is 4.90 Å². The fraction of sp³-hybridized carbons (Fsp3) is 0.375. The molecule has 1 amide bonds. The fourth-order valence-corrected chi connectivity index (χ4v) is 3.33. The largest absolute Gasteiger partial charge is 0.441 e. The van der Waals surface area contributed by atoms with Crippen LogP contribution in [0.15, 0.2) is 34.7 Å². The number of sulfone groups is 1. The van der Waals surface area contributed by atoms with Crippen LogP contribution in [0.1, 0.15) is 17.9 Å². The van der Waals surface area contributed by atoms with Gasteiger partial charge in [-0.25, -0.2) is 13.4 Å². The van der Waals surface area contributed by atoms with E-state index in [1.54, 1.807) is 21.0 Å². The smallest absolute Gasteiger partial charge is 0.226 e. The lowest BCUT2D eigenvalue weighted by Gasteiger charge is -2.09. The molecule has 0 unspecified atom stereocenters. The van der Waals surface area contributed by atoms with Crippen LogP contribution < -0.4 is 0 Å². The van der Waals surface area contributed by atoms with Crippen LogP contribution in [0.5, 0.6) is 0 Å². The number of nitrogens with zero attached hydrogens (tertiary/aromatic N) is 2. The Hall–Kier alpha value is -2.15. The predicted octanol–water partition coefficient (Wildman–Crippen LogP) is 2.04. The molecule has 1 aromatic carbocycles. The zero-order chi connectivity index (χ0) is 17.0. The molecule has 2 rings (SSSR count). The van der Waals surface area contributed by atoms with Gasteiger partial charge in [0, 0.05) is 26.1 Å². The van der Waals surface area contributed by atoms with Crippen LogP contribution in [-0.4, -0.2) is 44.1 Å². The number of hydrogen-bond donors (Lipinski definition) is 0. The topological polar surface area (TPSA) is 80.5 Å². The molecule has 0 radical (unpaired) electrons. The van der Waals surface area contributed by atoms with Gasteiger partial charge in [0.2, 0.25) is 11.8 Å². The summed E-state index contributed by atoms with van der Waals surface area (Å²) < 4.78 is 29.9. The Labute approximate surface area is 136 Å². The number of oxazole rings is 1. The number of carbonyl (C=O) groups is 1. The van der Waals surface area contributed by atoms with Crippen molar-refractivity contribution in [3.05, 3.63) is 41.8 Å². The van der Waals surface area contributed by atoms with E-state index in [9.17, 15) is 13.2 Å². The highest BCUT2D eigenvalue weighted by atomic mass is 32.2. The van der Waals surface area contributed by atoms with Gasteiger partial charge < -0.3 is 9.32 Å². The molecule has 0 fully saturated rings. The van der Waals surface area contributed by atoms with Crippen LogP contribution in [0.3, 0.4) is 0 Å². The highest BCUT2D eigenvalue weighted by Gasteiger charge is 2.20. The Kier molecular flexibility index (Phi) is 5.20. The monoisotopic (exact) mass is 336 g/mol. The van der Waals surface area contributed by atoms with Crippen LogP contribution in [-0.2, 0) is 20.4 Å². The molecule has 1 heterocycles. The van der Waals surface area contributed by atoms with Crippen molar-refractivity contribution in [2.24, 2.45) is 0 Å². The lowest BCUT2D eigenvalue weighted by atomic mass is 10.2. The number of carbonyl (C=O) groups excluding carboxylic acids is 1. The van der Waals surface area contributed by atoms with Crippen molar-refractivity contribution < 1.29 is 17.6 Å². The van der Waals surface area contributed by atoms with Gasteiger partial charge in [0.05, 0.1) is 17.2 Å². The quantitative estimate of drug-likeness (QED) is 0.806. The molecule has 0 saturated carbocycles. The molecule has 7 heteroatoms. The first kappa shape index (κ1) is 17.2. The molecule has 0 aliphatic heterocycles. The van der Waals surface area contributed by atoms with Crippen LogP contribution in [0.2, 0.25) is 0 Å². The standard InChI is InChI=1S/C16H20N2O4S/c1-12-14(11-23(20,21)10-9-15(19)18(2)3)17-16(22-12)13-7-5-4-6-8-13/h4-8H,9-11H2,1-3H3. The van der Waals surface area contributed by atoms with E-state index >= 15 is 0 Å². The summed E-state index contributed by atoms with van der Waals surface area (Å²) in [4.78, 5) is 17.2. The summed E-state index contributed by atoms with van der Waals surface area (Å²) in [5.41, 5.74) is 1.18. The first-order valence-corrected chi connectivity index (χ1v) is 9.03. The third-order valence-corrected chi connectivity index (χ3v) is 4.94. The minimum atomic E-state index is -3.42. The lowest BCUT2D eigenvalue weighted by Crippen LogP contribution is -2.24. The minimum Gasteiger partial charge on any atom is -0.441 e. The second-order valence-electron chi connectivity index (χ2n) is 5.52. The van der Waals surface area contributed by atoms with Crippen molar-refractivity contribution in [1.82, 2.24) is 9.88 Å². The van der Waals surface area contributed by atoms with Crippen LogP contribution in [0, 0.1) is 6.92 Å². The highest BCUT2D eigenvalue weighted by Crippen LogP contribution is 2.22. The van der Waals surface area contributed by atoms with Crippen molar-refractivity contribution in [3.63, 3.8) is 0 Å². The molecular formula is C16H20N2O4S. The van der Waals surface area contributed by atoms with E-state index in [2.05, 4.69) is 4.98 Å². The van der Waals surface area contributed by atoms with E-state index in [1.807, 2.05) is 30.3 Å². The maximum Gasteiger partial charge on any atom is 0.226 e. The third-order valence-electron chi connectivity index (χ3n) is 3.40. The highest BCUT2D eigenvalue weighted by molar-refractivity contribution is 7.90. The lowest BCUT2D eigenvalue weighted by molar-refractivity contribution is -0.128. The fourth-order valence-electron chi connectivity index (χ4n) is 2.01. The Morgan fingerprint density at radius 1 is 1.22 bits per heavy atom. The van der Waals surface area contributed by atoms with E-state index in [-0.39, 0.29) is 23.8 Å². The summed E-state index contributed by atoms with van der Waals surface area (Å²) in [6, 6.07) is 9.29. The van der Waals surface area contributed by atoms with Crippen molar-refractivity contribution in [3.8, 4) is 11.5 Å². The van der Waals surface area contributed by atoms with Crippen molar-refractivity contribution in [2.75, 3.05) is 19.8 Å². The predicted molar refractivity (Wildman–Crippen MR) is 87.5 cm³/mol. The van der Waals surface area contributed by atoms with Gasteiger partial charge in [-0.1, -0.05) is 18.2 Å². The summed E-state index contributed by atoms with van der Waals surface area (Å²) >= 11 is 0. The van der Waals surface area contributed by atoms with E-state index < -0.39 is 9.84 Å². The summed E-state index contributed by atoms with van der Waals surface area (Å²) in [5, 5.41) is 0. The number of aromatic nitrogens is 1. The molecule has 0 spiro atoms. The average molecular weight is 336 g/mol. The second-order valence-corrected chi connectivity index (χ2v) is 7.70. The minimum absolute atomic E-state index is 0.0300. The second kappa shape index (κ2) is 6.95. The molecule has 23 heavy (non-hydrogen) atoms. The maximum absolute atomic E-state index is 12.2. The van der Waals surface area contributed by atoms with Gasteiger partial charge in [0.15, 0.2) is 9.84 Å². The van der Waals surface area contributed by atoms with Gasteiger partial charge in [-0.2, -0.15) is 0 Å². The Balaban J connectivity index is 2.11. The SMILES string of the molecule is Cc1oc(-c2ccccc2)nc1CS(=O)(=O)CCC(=O)N(C)C. The molecule has 0 N–H and O–H groups in total. The molecule has 0 aliphatic rings. The van der Waals surface area contributed by atoms with Gasteiger partial charge in [-0.3, -0.25) is 4.79 Å². The number of hydrogen-bond acceptors (Lipinski definition) is 5. The molecule has 0 bridgehead atoms. The number of rotatable bonds is 6. The van der Waals surface area contributed by atoms with Crippen LogP contribution in [0.25, 0.3) is 11.5 Å². The van der Waals surface area contributed by atoms with Crippen molar-refractivity contribution in [2.45, 2.75) is 19.1 Å². The first-order chi connectivity index (χ1) is 10.8. The van der Waals surface area contributed by atoms with Gasteiger partial charge in [0.25, 0.3) is 0 Å². The third kappa shape index (κ3) is 4.66. The van der Waals surface area contributed by atoms with Gasteiger partial charge in [-0.15, -0.1) is 0 Å². The zero-order valence-electron chi connectivity index (χ0n) is 13.4. The van der Waals surface area contributed by atoms with E-state index in [0.717, 1.165) is 5.56 Å². The molecule has 6 nitrogen and oxygen atoms in total. The molecule has 1 aromatic heterocycles. The number of aryl methyl sites for hydroxylation is 1. The van der Waals surface area contributed by atoms with E-state index in [0.29, 0.717) is 17.3 Å². The van der Waals surface area contributed by atoms with Gasteiger partial charge in [0.1, 0.15) is 5.76 Å². The van der Waals surface area contributed by atoms with Gasteiger partial charge >= 0.3 is 0 Å². The first-order valence-electron chi connectivity index (χ1n) is 7.21. The Morgan fingerprint density at radius 3 is 2.48 bits per heavy atom. The molecule has 0 aliphatic carbocycles. The molecule has 0 atom stereocenters. The summed E-state index contributed by atoms with van der Waals surface area (Å²) in [5.74, 6) is 0.242. The summed E-state index contributed by atoms with van der Waals surface area (Å²) in [6.07, 6.45) is -0.0300. The molecule has 0 saturated heterocycles. The van der Waals surface area contributed by atoms with Gasteiger partial charge in [-0.05, 0) is 19.1 Å².